The van der Waals surface area contributed by atoms with Crippen molar-refractivity contribution in [3.63, 3.8) is 0 Å². The summed E-state index contributed by atoms with van der Waals surface area (Å²) in [4.78, 5) is 25.1. The molecule has 3 rings (SSSR count). The van der Waals surface area contributed by atoms with E-state index in [1.54, 1.807) is 50.6 Å². The van der Waals surface area contributed by atoms with E-state index in [0.717, 1.165) is 25.7 Å². The number of amides is 1. The van der Waals surface area contributed by atoms with Crippen LogP contribution in [-0.4, -0.2) is 46.4 Å². The first-order valence-corrected chi connectivity index (χ1v) is 10.9. The highest BCUT2D eigenvalue weighted by Gasteiger charge is 2.23. The molecule has 178 valence electrons. The van der Waals surface area contributed by atoms with Gasteiger partial charge in [0, 0.05) is 5.56 Å². The third kappa shape index (κ3) is 6.09. The van der Waals surface area contributed by atoms with Crippen molar-refractivity contribution in [2.24, 2.45) is 0 Å². The van der Waals surface area contributed by atoms with Crippen LogP contribution < -0.4 is 24.3 Å². The number of hydrogen-bond donors (Lipinski definition) is 1. The lowest BCUT2D eigenvalue weighted by atomic mass is 10.0. The molecule has 1 saturated carbocycles. The van der Waals surface area contributed by atoms with Gasteiger partial charge in [-0.15, -0.1) is 0 Å². The van der Waals surface area contributed by atoms with Crippen LogP contribution in [0.15, 0.2) is 36.4 Å². The number of carbonyl (C=O) groups excluding carboxylic acids is 2. The SMILES string of the molecule is COC(=O)CC(NC(=O)c1ccc(OC2CCCC2)c(OC)c1)c1ccc(OC)c(OC)c1. The molecule has 1 aliphatic carbocycles. The Hall–Kier alpha value is -3.42. The van der Waals surface area contributed by atoms with Crippen LogP contribution in [0.4, 0.5) is 0 Å². The number of ether oxygens (including phenoxy) is 5. The highest BCUT2D eigenvalue weighted by Crippen LogP contribution is 2.34. The predicted molar refractivity (Wildman–Crippen MR) is 122 cm³/mol. The topological polar surface area (TPSA) is 92.3 Å². The fourth-order valence-corrected chi connectivity index (χ4v) is 3.91. The molecule has 2 aromatic rings. The van der Waals surface area contributed by atoms with Gasteiger partial charge in [-0.25, -0.2) is 0 Å². The van der Waals surface area contributed by atoms with E-state index in [0.29, 0.717) is 34.1 Å². The molecule has 0 bridgehead atoms. The van der Waals surface area contributed by atoms with E-state index in [4.69, 9.17) is 23.7 Å². The highest BCUT2D eigenvalue weighted by molar-refractivity contribution is 5.95. The first-order chi connectivity index (χ1) is 16.0. The van der Waals surface area contributed by atoms with Crippen molar-refractivity contribution in [3.8, 4) is 23.0 Å². The molecule has 1 amide bonds. The van der Waals surface area contributed by atoms with Crippen LogP contribution in [0.25, 0.3) is 0 Å². The third-order valence-electron chi connectivity index (χ3n) is 5.74. The van der Waals surface area contributed by atoms with Crippen LogP contribution in [-0.2, 0) is 9.53 Å². The van der Waals surface area contributed by atoms with Crippen molar-refractivity contribution in [1.29, 1.82) is 0 Å². The van der Waals surface area contributed by atoms with Gasteiger partial charge in [0.2, 0.25) is 0 Å². The summed E-state index contributed by atoms with van der Waals surface area (Å²) in [6, 6.07) is 9.67. The van der Waals surface area contributed by atoms with Gasteiger partial charge in [0.05, 0.1) is 47.0 Å². The minimum atomic E-state index is -0.634. The van der Waals surface area contributed by atoms with Crippen LogP contribution in [0.2, 0.25) is 0 Å². The van der Waals surface area contributed by atoms with Gasteiger partial charge in [-0.05, 0) is 61.6 Å². The largest absolute Gasteiger partial charge is 0.493 e. The summed E-state index contributed by atoms with van der Waals surface area (Å²) in [5.74, 6) is 1.34. The summed E-state index contributed by atoms with van der Waals surface area (Å²) in [6.07, 6.45) is 4.49. The third-order valence-corrected chi connectivity index (χ3v) is 5.74. The van der Waals surface area contributed by atoms with E-state index >= 15 is 0 Å². The van der Waals surface area contributed by atoms with E-state index < -0.39 is 12.0 Å². The summed E-state index contributed by atoms with van der Waals surface area (Å²) < 4.78 is 27.0. The summed E-state index contributed by atoms with van der Waals surface area (Å²) >= 11 is 0. The van der Waals surface area contributed by atoms with E-state index in [2.05, 4.69) is 5.32 Å². The van der Waals surface area contributed by atoms with Crippen LogP contribution in [0, 0.1) is 0 Å². The molecule has 0 spiro atoms. The van der Waals surface area contributed by atoms with E-state index in [9.17, 15) is 9.59 Å². The molecular formula is C25H31NO7. The van der Waals surface area contributed by atoms with Gasteiger partial charge in [0.1, 0.15) is 0 Å². The lowest BCUT2D eigenvalue weighted by Crippen LogP contribution is -2.30. The zero-order valence-electron chi connectivity index (χ0n) is 19.5. The number of hydrogen-bond acceptors (Lipinski definition) is 7. The molecule has 0 aliphatic heterocycles. The zero-order chi connectivity index (χ0) is 23.8. The Morgan fingerprint density at radius 1 is 0.879 bits per heavy atom. The monoisotopic (exact) mass is 457 g/mol. The van der Waals surface area contributed by atoms with Crippen molar-refractivity contribution < 1.29 is 33.3 Å². The molecule has 0 radical (unpaired) electrons. The second kappa shape index (κ2) is 11.4. The quantitative estimate of drug-likeness (QED) is 0.538. The van der Waals surface area contributed by atoms with Crippen molar-refractivity contribution >= 4 is 11.9 Å². The molecule has 33 heavy (non-hydrogen) atoms. The van der Waals surface area contributed by atoms with Crippen molar-refractivity contribution in [2.75, 3.05) is 28.4 Å². The Kier molecular flexibility index (Phi) is 8.40. The Morgan fingerprint density at radius 3 is 2.15 bits per heavy atom. The molecule has 8 heteroatoms. The molecule has 0 aromatic heterocycles. The zero-order valence-corrected chi connectivity index (χ0v) is 19.5. The van der Waals surface area contributed by atoms with Gasteiger partial charge in [-0.2, -0.15) is 0 Å². The molecule has 1 atom stereocenters. The van der Waals surface area contributed by atoms with Gasteiger partial charge >= 0.3 is 5.97 Å². The maximum absolute atomic E-state index is 13.1. The summed E-state index contributed by atoms with van der Waals surface area (Å²) in [5.41, 5.74) is 1.07. The van der Waals surface area contributed by atoms with Crippen LogP contribution in [0.5, 0.6) is 23.0 Å². The van der Waals surface area contributed by atoms with Crippen molar-refractivity contribution in [2.45, 2.75) is 44.2 Å². The number of benzene rings is 2. The van der Waals surface area contributed by atoms with E-state index in [-0.39, 0.29) is 18.4 Å². The lowest BCUT2D eigenvalue weighted by molar-refractivity contribution is -0.141. The number of rotatable bonds is 10. The molecular weight excluding hydrogens is 426 g/mol. The summed E-state index contributed by atoms with van der Waals surface area (Å²) in [7, 11) is 5.92. The second-order valence-corrected chi connectivity index (χ2v) is 7.81. The van der Waals surface area contributed by atoms with Crippen molar-refractivity contribution in [1.82, 2.24) is 5.32 Å². The van der Waals surface area contributed by atoms with E-state index in [1.807, 2.05) is 0 Å². The maximum atomic E-state index is 13.1. The van der Waals surface area contributed by atoms with Gasteiger partial charge < -0.3 is 29.0 Å². The minimum Gasteiger partial charge on any atom is -0.493 e. The first kappa shape index (κ1) is 24.2. The number of esters is 1. The fourth-order valence-electron chi connectivity index (χ4n) is 3.91. The predicted octanol–water partition coefficient (Wildman–Crippen LogP) is 4.07. The molecule has 2 aromatic carbocycles. The molecule has 1 N–H and O–H groups in total. The molecule has 1 unspecified atom stereocenters. The molecule has 1 fully saturated rings. The molecule has 1 aliphatic rings. The number of nitrogens with one attached hydrogen (secondary N) is 1. The number of carbonyl (C=O) groups is 2. The average Bonchev–Trinajstić information content (AvgIpc) is 3.36. The highest BCUT2D eigenvalue weighted by atomic mass is 16.5. The first-order valence-electron chi connectivity index (χ1n) is 10.9. The van der Waals surface area contributed by atoms with Crippen LogP contribution in [0.3, 0.4) is 0 Å². The van der Waals surface area contributed by atoms with Crippen molar-refractivity contribution in [3.05, 3.63) is 47.5 Å². The van der Waals surface area contributed by atoms with Crippen LogP contribution >= 0.6 is 0 Å². The van der Waals surface area contributed by atoms with Crippen LogP contribution in [0.1, 0.15) is 54.1 Å². The van der Waals surface area contributed by atoms with Gasteiger partial charge in [-0.3, -0.25) is 9.59 Å². The van der Waals surface area contributed by atoms with Gasteiger partial charge in [-0.1, -0.05) is 6.07 Å². The maximum Gasteiger partial charge on any atom is 0.307 e. The Balaban J connectivity index is 1.82. The second-order valence-electron chi connectivity index (χ2n) is 7.81. The molecule has 0 saturated heterocycles. The lowest BCUT2D eigenvalue weighted by Gasteiger charge is -2.20. The molecule has 8 nitrogen and oxygen atoms in total. The summed E-state index contributed by atoms with van der Waals surface area (Å²) in [6.45, 7) is 0. The van der Waals surface area contributed by atoms with Gasteiger partial charge in [0.15, 0.2) is 23.0 Å². The average molecular weight is 458 g/mol. The Morgan fingerprint density at radius 2 is 1.52 bits per heavy atom. The fraction of sp³-hybridized carbons (Fsp3) is 0.440. The van der Waals surface area contributed by atoms with Gasteiger partial charge in [0.25, 0.3) is 5.91 Å². The summed E-state index contributed by atoms with van der Waals surface area (Å²) in [5, 5.41) is 2.92. The minimum absolute atomic E-state index is 0.0439. The normalized spacial score (nSPS) is 14.3. The molecule has 0 heterocycles. The van der Waals surface area contributed by atoms with E-state index in [1.165, 1.54) is 14.2 Å². The Bertz CT molecular complexity index is 969. The standard InChI is InChI=1S/C25H31NO7/c1-29-20-11-9-16(13-22(20)30-2)19(15-24(27)32-4)26-25(28)17-10-12-21(23(14-17)31-3)33-18-7-5-6-8-18/h9-14,18-19H,5-8,15H2,1-4H3,(H,26,28). The number of methoxy groups -OCH3 is 4. The smallest absolute Gasteiger partial charge is 0.307 e. The Labute approximate surface area is 194 Å².